The molecule has 8 nitrogen and oxygen atoms in total. The minimum absolute atomic E-state index is 0.0675. The van der Waals surface area contributed by atoms with Gasteiger partial charge in [0.05, 0.1) is 11.0 Å². The summed E-state index contributed by atoms with van der Waals surface area (Å²) in [6, 6.07) is 15.9. The quantitative estimate of drug-likeness (QED) is 0.150. The number of aryl methyl sites for hydroxylation is 2. The number of aromatic nitrogens is 2. The Bertz CT molecular complexity index is 1650. The monoisotopic (exact) mass is 610 g/mol. The number of nitrogens with zero attached hydrogens (tertiary/aromatic N) is 2. The number of para-hydroxylation sites is 2. The van der Waals surface area contributed by atoms with Gasteiger partial charge in [-0.25, -0.2) is 0 Å². The van der Waals surface area contributed by atoms with Gasteiger partial charge < -0.3 is 20.9 Å². The highest BCUT2D eigenvalue weighted by atomic mass is 16.5. The lowest BCUT2D eigenvalue weighted by molar-refractivity contribution is -0.150. The second kappa shape index (κ2) is 15.2. The Morgan fingerprint density at radius 1 is 0.689 bits per heavy atom. The van der Waals surface area contributed by atoms with Crippen molar-refractivity contribution in [2.75, 3.05) is 11.5 Å². The Morgan fingerprint density at radius 3 is 1.60 bits per heavy atom. The van der Waals surface area contributed by atoms with Crippen LogP contribution in [0.4, 0.5) is 11.4 Å². The van der Waals surface area contributed by atoms with Crippen molar-refractivity contribution in [1.82, 2.24) is 9.97 Å². The van der Waals surface area contributed by atoms with Gasteiger partial charge in [0.2, 0.25) is 0 Å². The van der Waals surface area contributed by atoms with E-state index in [0.29, 0.717) is 25.7 Å². The number of benzene rings is 2. The lowest BCUT2D eigenvalue weighted by atomic mass is 9.91. The van der Waals surface area contributed by atoms with Crippen LogP contribution in [0.1, 0.15) is 94.1 Å². The van der Waals surface area contributed by atoms with Crippen LogP contribution >= 0.6 is 0 Å². The molecule has 0 saturated heterocycles. The van der Waals surface area contributed by atoms with Gasteiger partial charge >= 0.3 is 11.9 Å². The molecule has 45 heavy (non-hydrogen) atoms. The van der Waals surface area contributed by atoms with E-state index < -0.39 is 0 Å². The van der Waals surface area contributed by atoms with E-state index in [1.165, 1.54) is 0 Å². The first-order valence-corrected chi connectivity index (χ1v) is 16.6. The highest BCUT2D eigenvalue weighted by molar-refractivity contribution is 5.93. The van der Waals surface area contributed by atoms with Gasteiger partial charge in [0.15, 0.2) is 0 Å². The van der Waals surface area contributed by atoms with Crippen molar-refractivity contribution in [2.24, 2.45) is 0 Å². The van der Waals surface area contributed by atoms with Crippen LogP contribution in [-0.4, -0.2) is 34.1 Å². The Hall–Kier alpha value is -4.20. The van der Waals surface area contributed by atoms with Gasteiger partial charge in [0.25, 0.3) is 0 Å². The smallest absolute Gasteiger partial charge is 0.306 e. The number of pyridine rings is 2. The highest BCUT2D eigenvalue weighted by Crippen LogP contribution is 2.33. The summed E-state index contributed by atoms with van der Waals surface area (Å²) in [5, 5.41) is 1.97. The van der Waals surface area contributed by atoms with Crippen molar-refractivity contribution in [3.8, 4) is 0 Å². The van der Waals surface area contributed by atoms with Gasteiger partial charge in [0.1, 0.15) is 12.2 Å². The predicted molar refractivity (Wildman–Crippen MR) is 180 cm³/mol. The lowest BCUT2D eigenvalue weighted by Gasteiger charge is -2.26. The molecule has 2 aromatic heterocycles. The van der Waals surface area contributed by atoms with E-state index in [1.54, 1.807) is 0 Å². The Labute approximate surface area is 265 Å². The third-order valence-electron chi connectivity index (χ3n) is 8.83. The van der Waals surface area contributed by atoms with E-state index in [9.17, 15) is 9.59 Å². The largest absolute Gasteiger partial charge is 0.462 e. The molecule has 2 atom stereocenters. The second-order valence-electron chi connectivity index (χ2n) is 12.2. The standard InChI is InChI=1S/C19H24N2O2.C18H22N2O2/c1-2-3-4-9-18(22)23-13-10-11-17-15(12-13)19(20)14-7-5-6-8-16(14)21-17;1-2-3-8-17(21)22-12-9-10-16-14(11-12)18(19)13-6-4-5-7-15(13)20-16/h5-8,13H,2-4,9-12H2,1H3,(H2,20,21);4-7,12H,2-3,8-11H2,1H3,(H2,19,20). The fourth-order valence-electron chi connectivity index (χ4n) is 6.31. The maximum absolute atomic E-state index is 11.9. The highest BCUT2D eigenvalue weighted by Gasteiger charge is 2.27. The molecule has 2 aliphatic rings. The van der Waals surface area contributed by atoms with Crippen molar-refractivity contribution < 1.29 is 19.1 Å². The van der Waals surface area contributed by atoms with E-state index in [0.717, 1.165) is 113 Å². The molecule has 0 spiro atoms. The topological polar surface area (TPSA) is 130 Å². The zero-order valence-electron chi connectivity index (χ0n) is 26.6. The lowest BCUT2D eigenvalue weighted by Crippen LogP contribution is -2.27. The number of anilines is 2. The van der Waals surface area contributed by atoms with Crippen LogP contribution in [-0.2, 0) is 44.7 Å². The number of nitrogens with two attached hydrogens (primary N) is 2. The van der Waals surface area contributed by atoms with Crippen molar-refractivity contribution >= 4 is 45.1 Å². The number of esters is 2. The van der Waals surface area contributed by atoms with Gasteiger partial charge in [-0.05, 0) is 50.7 Å². The summed E-state index contributed by atoms with van der Waals surface area (Å²) in [6.07, 6.45) is 10.5. The average molecular weight is 611 g/mol. The molecule has 0 bridgehead atoms. The first-order valence-electron chi connectivity index (χ1n) is 16.6. The van der Waals surface area contributed by atoms with Crippen LogP contribution in [0.2, 0.25) is 0 Å². The maximum Gasteiger partial charge on any atom is 0.306 e. The van der Waals surface area contributed by atoms with Crippen molar-refractivity contribution in [3.05, 3.63) is 71.0 Å². The van der Waals surface area contributed by atoms with Crippen LogP contribution in [0.25, 0.3) is 21.8 Å². The Morgan fingerprint density at radius 2 is 1.13 bits per heavy atom. The Balaban J connectivity index is 0.000000178. The number of unbranched alkanes of at least 4 members (excludes halogenated alkanes) is 3. The molecule has 0 radical (unpaired) electrons. The fourth-order valence-corrected chi connectivity index (χ4v) is 6.31. The maximum atomic E-state index is 11.9. The molecular weight excluding hydrogens is 564 g/mol. The van der Waals surface area contributed by atoms with Gasteiger partial charge in [-0.1, -0.05) is 69.5 Å². The van der Waals surface area contributed by atoms with Crippen molar-refractivity contribution in [1.29, 1.82) is 0 Å². The molecule has 4 aromatic rings. The third-order valence-corrected chi connectivity index (χ3v) is 8.83. The summed E-state index contributed by atoms with van der Waals surface area (Å²) in [4.78, 5) is 33.2. The van der Waals surface area contributed by atoms with Crippen LogP contribution in [0, 0.1) is 0 Å². The SMILES string of the molecule is CCCCC(=O)OC1CCc2nc3ccccc3c(N)c2C1.CCCCCC(=O)OC1CCc2nc3ccccc3c(N)c2C1. The third kappa shape index (κ3) is 7.91. The number of fused-ring (bicyclic) bond motifs is 4. The van der Waals surface area contributed by atoms with Gasteiger partial charge in [-0.15, -0.1) is 0 Å². The molecule has 2 unspecified atom stereocenters. The van der Waals surface area contributed by atoms with E-state index in [2.05, 4.69) is 13.8 Å². The molecule has 0 fully saturated rings. The number of nitrogen functional groups attached to an aromatic ring is 2. The molecule has 4 N–H and O–H groups in total. The normalized spacial score (nSPS) is 17.1. The van der Waals surface area contributed by atoms with Crippen molar-refractivity contribution in [3.63, 3.8) is 0 Å². The minimum Gasteiger partial charge on any atom is -0.462 e. The fraction of sp³-hybridized carbons (Fsp3) is 0.459. The van der Waals surface area contributed by atoms with Gasteiger partial charge in [-0.2, -0.15) is 0 Å². The summed E-state index contributed by atoms with van der Waals surface area (Å²) in [5.41, 5.74) is 20.4. The summed E-state index contributed by atoms with van der Waals surface area (Å²) in [7, 11) is 0. The van der Waals surface area contributed by atoms with E-state index in [4.69, 9.17) is 30.9 Å². The van der Waals surface area contributed by atoms with Crippen molar-refractivity contribution in [2.45, 2.75) is 110 Å². The molecular formula is C37H46N4O4. The van der Waals surface area contributed by atoms with Crippen LogP contribution in [0.15, 0.2) is 48.5 Å². The molecule has 6 rings (SSSR count). The van der Waals surface area contributed by atoms with Gasteiger partial charge in [-0.3, -0.25) is 19.6 Å². The number of carbonyl (C=O) groups excluding carboxylic acids is 2. The summed E-state index contributed by atoms with van der Waals surface area (Å²) in [6.45, 7) is 4.20. The first-order chi connectivity index (χ1) is 21.9. The Kier molecular flexibility index (Phi) is 10.9. The number of hydrogen-bond donors (Lipinski definition) is 2. The first kappa shape index (κ1) is 32.2. The molecule has 0 saturated carbocycles. The number of carbonyl (C=O) groups is 2. The predicted octanol–water partition coefficient (Wildman–Crippen LogP) is 7.21. The molecule has 2 heterocycles. The van der Waals surface area contributed by atoms with E-state index in [1.807, 2.05) is 48.5 Å². The minimum atomic E-state index is -0.0948. The zero-order chi connectivity index (χ0) is 31.8. The molecule has 238 valence electrons. The molecule has 0 amide bonds. The summed E-state index contributed by atoms with van der Waals surface area (Å²) >= 11 is 0. The van der Waals surface area contributed by atoms with E-state index >= 15 is 0 Å². The second-order valence-corrected chi connectivity index (χ2v) is 12.2. The van der Waals surface area contributed by atoms with Crippen LogP contribution in [0.3, 0.4) is 0 Å². The average Bonchev–Trinajstić information content (AvgIpc) is 3.05. The molecule has 8 heteroatoms. The van der Waals surface area contributed by atoms with Crippen LogP contribution in [0.5, 0.6) is 0 Å². The molecule has 2 aliphatic carbocycles. The molecule has 0 aliphatic heterocycles. The number of ether oxygens (including phenoxy) is 2. The zero-order valence-corrected chi connectivity index (χ0v) is 26.6. The van der Waals surface area contributed by atoms with E-state index in [-0.39, 0.29) is 24.1 Å². The molecule has 2 aromatic carbocycles. The van der Waals surface area contributed by atoms with Crippen LogP contribution < -0.4 is 11.5 Å². The van der Waals surface area contributed by atoms with Gasteiger partial charge in [0, 0.05) is 70.3 Å². The number of rotatable bonds is 9. The summed E-state index contributed by atoms with van der Waals surface area (Å²) < 4.78 is 11.2. The number of hydrogen-bond acceptors (Lipinski definition) is 8. The summed E-state index contributed by atoms with van der Waals surface area (Å²) in [5.74, 6) is -0.179.